The summed E-state index contributed by atoms with van der Waals surface area (Å²) in [6, 6.07) is 0. The summed E-state index contributed by atoms with van der Waals surface area (Å²) in [4.78, 5) is 14.0. The molecule has 1 atom stereocenters. The second-order valence-corrected chi connectivity index (χ2v) is 5.15. The lowest BCUT2D eigenvalue weighted by Gasteiger charge is -2.31. The minimum Gasteiger partial charge on any atom is -0.381 e. The fraction of sp³-hybridized carbons (Fsp3) is 0.733. The van der Waals surface area contributed by atoms with Crippen LogP contribution >= 0.6 is 0 Å². The van der Waals surface area contributed by atoms with Gasteiger partial charge in [0.15, 0.2) is 0 Å². The smallest absolute Gasteiger partial charge is 0.248 e. The summed E-state index contributed by atoms with van der Waals surface area (Å²) in [6.07, 6.45) is 2.09. The van der Waals surface area contributed by atoms with Crippen LogP contribution in [0.2, 0.25) is 0 Å². The van der Waals surface area contributed by atoms with Gasteiger partial charge < -0.3 is 14.4 Å². The first-order valence-corrected chi connectivity index (χ1v) is 7.69. The number of rotatable bonds is 7. The second kappa shape index (κ2) is 7.56. The summed E-state index contributed by atoms with van der Waals surface area (Å²) in [6.45, 7) is 10.0. The highest BCUT2D eigenvalue weighted by Gasteiger charge is 2.30. The zero-order valence-electron chi connectivity index (χ0n) is 13.2. The van der Waals surface area contributed by atoms with Crippen molar-refractivity contribution in [3.05, 3.63) is 17.5 Å². The van der Waals surface area contributed by atoms with Gasteiger partial charge >= 0.3 is 0 Å². The number of nitrogens with zero attached hydrogens (tertiary/aromatic N) is 3. The fourth-order valence-electron chi connectivity index (χ4n) is 2.59. The van der Waals surface area contributed by atoms with Crippen LogP contribution in [-0.2, 0) is 27.4 Å². The van der Waals surface area contributed by atoms with Crippen LogP contribution in [0.1, 0.15) is 37.9 Å². The van der Waals surface area contributed by atoms with Gasteiger partial charge in [0, 0.05) is 44.0 Å². The van der Waals surface area contributed by atoms with E-state index in [0.29, 0.717) is 32.9 Å². The van der Waals surface area contributed by atoms with Crippen molar-refractivity contribution in [2.75, 3.05) is 33.0 Å². The summed E-state index contributed by atoms with van der Waals surface area (Å²) in [5.41, 5.74) is 2.20. The lowest BCUT2D eigenvalue weighted by atomic mass is 9.95. The van der Waals surface area contributed by atoms with Gasteiger partial charge in [0.25, 0.3) is 0 Å². The Morgan fingerprint density at radius 3 is 2.76 bits per heavy atom. The van der Waals surface area contributed by atoms with Crippen LogP contribution in [0.5, 0.6) is 0 Å². The molecule has 1 aliphatic rings. The molecule has 0 aromatic carbocycles. The van der Waals surface area contributed by atoms with Gasteiger partial charge in [-0.2, -0.15) is 5.10 Å². The van der Waals surface area contributed by atoms with Crippen molar-refractivity contribution in [2.45, 2.75) is 39.8 Å². The van der Waals surface area contributed by atoms with Crippen molar-refractivity contribution in [1.82, 2.24) is 14.7 Å². The van der Waals surface area contributed by atoms with Gasteiger partial charge in [0.1, 0.15) is 6.61 Å². The molecule has 0 aliphatic carbocycles. The predicted octanol–water partition coefficient (Wildman–Crippen LogP) is 1.40. The maximum atomic E-state index is 12.2. The minimum absolute atomic E-state index is 0.0232. The molecular weight excluding hydrogens is 270 g/mol. The Balaban J connectivity index is 2.13. The van der Waals surface area contributed by atoms with Crippen LogP contribution < -0.4 is 0 Å². The van der Waals surface area contributed by atoms with Crippen molar-refractivity contribution in [2.24, 2.45) is 0 Å². The average molecular weight is 295 g/mol. The lowest BCUT2D eigenvalue weighted by molar-refractivity contribution is -0.137. The van der Waals surface area contributed by atoms with E-state index in [4.69, 9.17) is 9.47 Å². The molecule has 0 N–H and O–H groups in total. The van der Waals surface area contributed by atoms with Crippen LogP contribution in [0.25, 0.3) is 0 Å². The Hall–Kier alpha value is -1.40. The van der Waals surface area contributed by atoms with Gasteiger partial charge in [-0.25, -0.2) is 0 Å². The van der Waals surface area contributed by atoms with E-state index in [-0.39, 0.29) is 18.4 Å². The highest BCUT2D eigenvalue weighted by atomic mass is 16.5. The number of fused-ring (bicyclic) bond motifs is 1. The molecule has 6 nitrogen and oxygen atoms in total. The van der Waals surface area contributed by atoms with E-state index in [2.05, 4.69) is 18.2 Å². The Labute approximate surface area is 126 Å². The number of carbonyl (C=O) groups excluding carboxylic acids is 1. The highest BCUT2D eigenvalue weighted by Crippen LogP contribution is 2.28. The zero-order valence-corrected chi connectivity index (χ0v) is 13.2. The molecule has 1 aromatic rings. The molecule has 0 saturated carbocycles. The normalized spacial score (nSPS) is 17.9. The van der Waals surface area contributed by atoms with E-state index in [9.17, 15) is 4.79 Å². The molecule has 1 unspecified atom stereocenters. The van der Waals surface area contributed by atoms with Crippen LogP contribution in [0.4, 0.5) is 0 Å². The Bertz CT molecular complexity index is 473. The number of carbonyl (C=O) groups is 1. The monoisotopic (exact) mass is 295 g/mol. The molecule has 0 spiro atoms. The minimum atomic E-state index is 0.0232. The predicted molar refractivity (Wildman–Crippen MR) is 79.0 cm³/mol. The number of hydrogen-bond donors (Lipinski definition) is 0. The van der Waals surface area contributed by atoms with Gasteiger partial charge in [-0.1, -0.05) is 0 Å². The van der Waals surface area contributed by atoms with Gasteiger partial charge in [-0.3, -0.25) is 9.48 Å². The molecule has 0 fully saturated rings. The van der Waals surface area contributed by atoms with Gasteiger partial charge in [-0.15, -0.1) is 0 Å². The summed E-state index contributed by atoms with van der Waals surface area (Å²) in [5, 5.41) is 4.57. The van der Waals surface area contributed by atoms with Crippen molar-refractivity contribution in [3.63, 3.8) is 0 Å². The maximum absolute atomic E-state index is 12.2. The molecule has 1 amide bonds. The third-order valence-corrected chi connectivity index (χ3v) is 3.72. The Morgan fingerprint density at radius 1 is 1.33 bits per heavy atom. The number of aromatic nitrogens is 2. The van der Waals surface area contributed by atoms with Crippen molar-refractivity contribution in [1.29, 1.82) is 0 Å². The molecule has 2 heterocycles. The van der Waals surface area contributed by atoms with E-state index in [0.717, 1.165) is 12.2 Å². The summed E-state index contributed by atoms with van der Waals surface area (Å²) in [7, 11) is 0. The molecule has 1 aliphatic heterocycles. The Kier molecular flexibility index (Phi) is 5.76. The first-order valence-electron chi connectivity index (χ1n) is 7.69. The standard InChI is InChI=1S/C15H25N3O3/c1-4-18-8-13-12(10-20-5-2)7-17(9-14(13)16-18)15(19)11-21-6-3/h8,12H,4-7,9-11H2,1-3H3. The quantitative estimate of drug-likeness (QED) is 0.763. The first kappa shape index (κ1) is 16.0. The van der Waals surface area contributed by atoms with E-state index in [1.54, 1.807) is 0 Å². The van der Waals surface area contributed by atoms with Crippen LogP contribution in [0, 0.1) is 0 Å². The van der Waals surface area contributed by atoms with E-state index < -0.39 is 0 Å². The molecule has 21 heavy (non-hydrogen) atoms. The highest BCUT2D eigenvalue weighted by molar-refractivity contribution is 5.77. The van der Waals surface area contributed by atoms with E-state index in [1.807, 2.05) is 23.4 Å². The van der Waals surface area contributed by atoms with Gasteiger partial charge in [-0.05, 0) is 20.8 Å². The topological polar surface area (TPSA) is 56.6 Å². The first-order chi connectivity index (χ1) is 10.2. The Morgan fingerprint density at radius 2 is 2.10 bits per heavy atom. The molecule has 0 radical (unpaired) electrons. The average Bonchev–Trinajstić information content (AvgIpc) is 2.93. The second-order valence-electron chi connectivity index (χ2n) is 5.15. The third kappa shape index (κ3) is 3.83. The molecular formula is C15H25N3O3. The van der Waals surface area contributed by atoms with Crippen molar-refractivity contribution < 1.29 is 14.3 Å². The van der Waals surface area contributed by atoms with E-state index >= 15 is 0 Å². The molecule has 0 saturated heterocycles. The van der Waals surface area contributed by atoms with Crippen LogP contribution in [0.3, 0.4) is 0 Å². The van der Waals surface area contributed by atoms with E-state index in [1.165, 1.54) is 5.56 Å². The molecule has 0 bridgehead atoms. The number of amides is 1. The third-order valence-electron chi connectivity index (χ3n) is 3.72. The van der Waals surface area contributed by atoms with Gasteiger partial charge in [0.05, 0.1) is 18.8 Å². The van der Waals surface area contributed by atoms with Gasteiger partial charge in [0.2, 0.25) is 5.91 Å². The van der Waals surface area contributed by atoms with Crippen molar-refractivity contribution in [3.8, 4) is 0 Å². The molecule has 6 heteroatoms. The van der Waals surface area contributed by atoms with Crippen molar-refractivity contribution >= 4 is 5.91 Å². The number of hydrogen-bond acceptors (Lipinski definition) is 4. The summed E-state index contributed by atoms with van der Waals surface area (Å²) < 4.78 is 12.7. The maximum Gasteiger partial charge on any atom is 0.248 e. The summed E-state index contributed by atoms with van der Waals surface area (Å²) in [5.74, 6) is 0.217. The fourth-order valence-corrected chi connectivity index (χ4v) is 2.59. The number of aryl methyl sites for hydroxylation is 1. The largest absolute Gasteiger partial charge is 0.381 e. The molecule has 1 aromatic heterocycles. The zero-order chi connectivity index (χ0) is 15.2. The summed E-state index contributed by atoms with van der Waals surface area (Å²) >= 11 is 0. The SMILES string of the molecule is CCOCC(=O)N1Cc2nn(CC)cc2C(COCC)C1. The lowest BCUT2D eigenvalue weighted by Crippen LogP contribution is -2.41. The van der Waals surface area contributed by atoms with Crippen LogP contribution in [-0.4, -0.2) is 53.6 Å². The molecule has 2 rings (SSSR count). The molecule has 118 valence electrons. The number of ether oxygens (including phenoxy) is 2. The van der Waals surface area contributed by atoms with Crippen LogP contribution in [0.15, 0.2) is 6.20 Å².